The van der Waals surface area contributed by atoms with Gasteiger partial charge in [-0.25, -0.2) is 14.4 Å². The second-order valence-electron chi connectivity index (χ2n) is 6.09. The number of guanidine groups is 1. The number of aliphatic imine (C=N–C) groups is 1. The molecule has 2 heterocycles. The number of nitrogens with zero attached hydrogens (tertiary/aromatic N) is 3. The van der Waals surface area contributed by atoms with Gasteiger partial charge in [0.15, 0.2) is 5.96 Å². The Morgan fingerprint density at radius 2 is 1.89 bits per heavy atom. The summed E-state index contributed by atoms with van der Waals surface area (Å²) in [6, 6.07) is 9.48. The van der Waals surface area contributed by atoms with Crippen LogP contribution in [0.25, 0.3) is 0 Å². The largest absolute Gasteiger partial charge is 0.444 e. The molecule has 0 radical (unpaired) electrons. The van der Waals surface area contributed by atoms with Gasteiger partial charge in [-0.05, 0) is 49.7 Å². The number of aromatic nitrogens is 2. The summed E-state index contributed by atoms with van der Waals surface area (Å²) in [6.45, 7) is 4.74. The first-order valence-electron chi connectivity index (χ1n) is 8.79. The fourth-order valence-corrected chi connectivity index (χ4v) is 2.42. The molecule has 0 saturated carbocycles. The lowest BCUT2D eigenvalue weighted by atomic mass is 10.2. The minimum atomic E-state index is -0.313. The fraction of sp³-hybridized carbons (Fsp3) is 0.250. The van der Waals surface area contributed by atoms with Crippen LogP contribution in [-0.2, 0) is 13.1 Å². The minimum absolute atomic E-state index is 0.313. The lowest BCUT2D eigenvalue weighted by Gasteiger charge is -2.11. The topological polar surface area (TPSA) is 84.6 Å². The molecule has 0 spiro atoms. The second kappa shape index (κ2) is 8.98. The number of oxazole rings is 1. The summed E-state index contributed by atoms with van der Waals surface area (Å²) in [5.41, 5.74) is 1.84. The number of benzene rings is 1. The number of halogens is 1. The van der Waals surface area contributed by atoms with E-state index in [1.54, 1.807) is 25.4 Å². The van der Waals surface area contributed by atoms with Crippen molar-refractivity contribution >= 4 is 5.96 Å². The van der Waals surface area contributed by atoms with Crippen LogP contribution in [0.4, 0.5) is 4.39 Å². The maximum atomic E-state index is 13.0. The predicted octanol–water partition coefficient (Wildman–Crippen LogP) is 3.48. The van der Waals surface area contributed by atoms with Gasteiger partial charge in [-0.1, -0.05) is 0 Å². The Balaban J connectivity index is 1.54. The molecule has 0 saturated heterocycles. The Kier molecular flexibility index (Phi) is 6.21. The molecule has 2 N–H and O–H groups in total. The summed E-state index contributed by atoms with van der Waals surface area (Å²) < 4.78 is 24.2. The van der Waals surface area contributed by atoms with Crippen LogP contribution in [0.3, 0.4) is 0 Å². The van der Waals surface area contributed by atoms with E-state index in [4.69, 9.17) is 9.15 Å². The molecule has 0 aliphatic carbocycles. The van der Waals surface area contributed by atoms with Gasteiger partial charge in [0, 0.05) is 25.9 Å². The second-order valence-corrected chi connectivity index (χ2v) is 6.09. The highest BCUT2D eigenvalue weighted by Crippen LogP contribution is 2.20. The first kappa shape index (κ1) is 19.3. The Morgan fingerprint density at radius 1 is 1.14 bits per heavy atom. The number of nitrogens with one attached hydrogen (secondary N) is 2. The molecular weight excluding hydrogens is 361 g/mol. The SMILES string of the molecule is CN=C(NCc1ccnc(Oc2ccc(F)cc2)c1)NCc1nc(C)c(C)o1. The van der Waals surface area contributed by atoms with Gasteiger partial charge < -0.3 is 19.8 Å². The Hall–Kier alpha value is -3.42. The minimum Gasteiger partial charge on any atom is -0.444 e. The number of rotatable bonds is 6. The van der Waals surface area contributed by atoms with E-state index in [2.05, 4.69) is 25.6 Å². The number of pyridine rings is 1. The van der Waals surface area contributed by atoms with Crippen LogP contribution in [0.5, 0.6) is 11.6 Å². The van der Waals surface area contributed by atoms with Gasteiger partial charge in [0.05, 0.1) is 12.2 Å². The Morgan fingerprint density at radius 3 is 2.57 bits per heavy atom. The normalized spacial score (nSPS) is 11.4. The van der Waals surface area contributed by atoms with E-state index in [0.29, 0.717) is 36.6 Å². The van der Waals surface area contributed by atoms with Crippen LogP contribution < -0.4 is 15.4 Å². The lowest BCUT2D eigenvalue weighted by Crippen LogP contribution is -2.36. The van der Waals surface area contributed by atoms with Gasteiger partial charge in [0.25, 0.3) is 0 Å². The maximum Gasteiger partial charge on any atom is 0.219 e. The summed E-state index contributed by atoms with van der Waals surface area (Å²) in [4.78, 5) is 12.7. The van der Waals surface area contributed by atoms with Crippen molar-refractivity contribution in [3.05, 3.63) is 71.3 Å². The summed E-state index contributed by atoms with van der Waals surface area (Å²) in [6.07, 6.45) is 1.66. The number of ether oxygens (including phenoxy) is 1. The molecule has 3 aromatic rings. The van der Waals surface area contributed by atoms with Gasteiger partial charge in [0.2, 0.25) is 11.8 Å². The van der Waals surface area contributed by atoms with Gasteiger partial charge in [-0.3, -0.25) is 4.99 Å². The van der Waals surface area contributed by atoms with E-state index < -0.39 is 0 Å². The highest BCUT2D eigenvalue weighted by molar-refractivity contribution is 5.79. The maximum absolute atomic E-state index is 13.0. The zero-order valence-electron chi connectivity index (χ0n) is 16.0. The third-order valence-corrected chi connectivity index (χ3v) is 4.00. The van der Waals surface area contributed by atoms with Crippen molar-refractivity contribution in [3.63, 3.8) is 0 Å². The molecule has 2 aromatic heterocycles. The van der Waals surface area contributed by atoms with Crippen LogP contribution in [-0.4, -0.2) is 23.0 Å². The highest BCUT2D eigenvalue weighted by Gasteiger charge is 2.07. The third kappa shape index (κ3) is 5.29. The van der Waals surface area contributed by atoms with Crippen molar-refractivity contribution in [2.45, 2.75) is 26.9 Å². The number of hydrogen-bond acceptors (Lipinski definition) is 5. The molecule has 146 valence electrons. The van der Waals surface area contributed by atoms with Gasteiger partial charge in [0.1, 0.15) is 17.3 Å². The molecule has 0 amide bonds. The van der Waals surface area contributed by atoms with Crippen molar-refractivity contribution < 1.29 is 13.5 Å². The van der Waals surface area contributed by atoms with E-state index in [9.17, 15) is 4.39 Å². The molecule has 7 nitrogen and oxygen atoms in total. The standard InChI is InChI=1S/C20H22FN5O2/c1-13-14(2)27-19(26-13)12-25-20(22-3)24-11-15-8-9-23-18(10-15)28-17-6-4-16(21)5-7-17/h4-10H,11-12H2,1-3H3,(H2,22,24,25). The van der Waals surface area contributed by atoms with E-state index in [0.717, 1.165) is 17.0 Å². The monoisotopic (exact) mass is 383 g/mol. The molecule has 0 atom stereocenters. The van der Waals surface area contributed by atoms with Crippen LogP contribution in [0, 0.1) is 19.7 Å². The van der Waals surface area contributed by atoms with Crippen molar-refractivity contribution in [1.29, 1.82) is 0 Å². The molecule has 8 heteroatoms. The molecule has 0 unspecified atom stereocenters. The van der Waals surface area contributed by atoms with Crippen molar-refractivity contribution in [2.24, 2.45) is 4.99 Å². The first-order chi connectivity index (χ1) is 13.5. The predicted molar refractivity (Wildman–Crippen MR) is 104 cm³/mol. The quantitative estimate of drug-likeness (QED) is 0.501. The van der Waals surface area contributed by atoms with Crippen LogP contribution in [0.1, 0.15) is 22.9 Å². The summed E-state index contributed by atoms with van der Waals surface area (Å²) >= 11 is 0. The summed E-state index contributed by atoms with van der Waals surface area (Å²) in [5, 5.41) is 6.37. The summed E-state index contributed by atoms with van der Waals surface area (Å²) in [5.74, 6) is 2.67. The Bertz CT molecular complexity index is 934. The van der Waals surface area contributed by atoms with Crippen molar-refractivity contribution in [1.82, 2.24) is 20.6 Å². The fourth-order valence-electron chi connectivity index (χ4n) is 2.42. The zero-order valence-corrected chi connectivity index (χ0v) is 16.0. The average molecular weight is 383 g/mol. The molecule has 0 bridgehead atoms. The third-order valence-electron chi connectivity index (χ3n) is 4.00. The van der Waals surface area contributed by atoms with E-state index in [1.165, 1.54) is 12.1 Å². The van der Waals surface area contributed by atoms with E-state index >= 15 is 0 Å². The first-order valence-corrected chi connectivity index (χ1v) is 8.79. The molecule has 0 fully saturated rings. The Labute approximate surface area is 162 Å². The smallest absolute Gasteiger partial charge is 0.219 e. The lowest BCUT2D eigenvalue weighted by molar-refractivity contribution is 0.460. The van der Waals surface area contributed by atoms with E-state index in [1.807, 2.05) is 26.0 Å². The molecule has 28 heavy (non-hydrogen) atoms. The van der Waals surface area contributed by atoms with Crippen molar-refractivity contribution in [3.8, 4) is 11.6 Å². The zero-order chi connectivity index (χ0) is 19.9. The van der Waals surface area contributed by atoms with Crippen molar-refractivity contribution in [2.75, 3.05) is 7.05 Å². The van der Waals surface area contributed by atoms with E-state index in [-0.39, 0.29) is 5.82 Å². The number of hydrogen-bond donors (Lipinski definition) is 2. The molecular formula is C20H22FN5O2. The molecule has 1 aromatic carbocycles. The average Bonchev–Trinajstić information content (AvgIpc) is 3.02. The van der Waals surface area contributed by atoms with Crippen LogP contribution in [0.2, 0.25) is 0 Å². The van der Waals surface area contributed by atoms with Crippen LogP contribution in [0.15, 0.2) is 52.0 Å². The van der Waals surface area contributed by atoms with Crippen LogP contribution >= 0.6 is 0 Å². The van der Waals surface area contributed by atoms with Gasteiger partial charge in [-0.2, -0.15) is 0 Å². The molecule has 3 rings (SSSR count). The molecule has 0 aliphatic rings. The van der Waals surface area contributed by atoms with Gasteiger partial charge in [-0.15, -0.1) is 0 Å². The number of aryl methyl sites for hydroxylation is 2. The summed E-state index contributed by atoms with van der Waals surface area (Å²) in [7, 11) is 1.69. The highest BCUT2D eigenvalue weighted by atomic mass is 19.1. The van der Waals surface area contributed by atoms with Gasteiger partial charge >= 0.3 is 0 Å². The molecule has 0 aliphatic heterocycles.